The second-order valence-corrected chi connectivity index (χ2v) is 8.94. The first-order chi connectivity index (χ1) is 13.1. The van der Waals surface area contributed by atoms with Gasteiger partial charge in [0.1, 0.15) is 5.82 Å². The van der Waals surface area contributed by atoms with E-state index in [2.05, 4.69) is 44.5 Å². The van der Waals surface area contributed by atoms with Crippen molar-refractivity contribution < 1.29 is 4.79 Å². The highest BCUT2D eigenvalue weighted by Gasteiger charge is 2.39. The quantitative estimate of drug-likeness (QED) is 0.774. The highest BCUT2D eigenvalue weighted by Crippen LogP contribution is 2.30. The molecular weight excluding hydrogens is 358 g/mol. The smallest absolute Gasteiger partial charge is 0.225 e. The van der Waals surface area contributed by atoms with E-state index in [4.69, 9.17) is 0 Å². The van der Waals surface area contributed by atoms with Crippen molar-refractivity contribution in [3.63, 3.8) is 0 Å². The Kier molecular flexibility index (Phi) is 5.50. The number of benzene rings is 1. The third kappa shape index (κ3) is 4.04. The zero-order chi connectivity index (χ0) is 18.8. The molecule has 4 atom stereocenters. The van der Waals surface area contributed by atoms with Crippen molar-refractivity contribution in [1.82, 2.24) is 25.4 Å². The van der Waals surface area contributed by atoms with Crippen LogP contribution in [0.3, 0.4) is 0 Å². The molecule has 4 unspecified atom stereocenters. The van der Waals surface area contributed by atoms with Gasteiger partial charge in [-0.15, -0.1) is 10.2 Å². The van der Waals surface area contributed by atoms with Crippen molar-refractivity contribution in [1.29, 1.82) is 0 Å². The Labute approximate surface area is 164 Å². The zero-order valence-electron chi connectivity index (χ0n) is 15.9. The van der Waals surface area contributed by atoms with Gasteiger partial charge in [-0.3, -0.25) is 10.1 Å². The van der Waals surface area contributed by atoms with Gasteiger partial charge in [-0.05, 0) is 25.3 Å². The van der Waals surface area contributed by atoms with Gasteiger partial charge in [-0.2, -0.15) is 0 Å². The minimum atomic E-state index is -0.0314. The summed E-state index contributed by atoms with van der Waals surface area (Å²) in [7, 11) is 2.01. The first-order valence-corrected chi connectivity index (χ1v) is 10.6. The number of nitrogens with one attached hydrogen (secondary N) is 2. The van der Waals surface area contributed by atoms with Crippen molar-refractivity contribution in [3.05, 3.63) is 41.7 Å². The molecule has 2 heterocycles. The molecule has 1 aliphatic heterocycles. The van der Waals surface area contributed by atoms with Gasteiger partial charge in [0.2, 0.25) is 5.91 Å². The third-order valence-electron chi connectivity index (χ3n) is 5.68. The molecule has 7 heteroatoms. The standard InChI is InChI=1S/C20H27N5OS/c1-13(18-21-16-11-7-6-10-15(16)19(26)22-18)27-20-24-23-17(25(20)2)12-14-8-4-3-5-9-14/h3-5,8-9,13,15-16,18,21H,6-7,10-12H2,1-2H3,(H,22,26). The molecule has 27 heavy (non-hydrogen) atoms. The maximum Gasteiger partial charge on any atom is 0.225 e. The minimum Gasteiger partial charge on any atom is -0.339 e. The van der Waals surface area contributed by atoms with Gasteiger partial charge in [0.05, 0.1) is 12.1 Å². The SMILES string of the molecule is CC(Sc1nnc(Cc2ccccc2)n1C)C1NC(=O)C2CCCCC2N1. The number of fused-ring (bicyclic) bond motifs is 1. The molecule has 144 valence electrons. The number of thioether (sulfide) groups is 1. The van der Waals surface area contributed by atoms with Crippen LogP contribution in [0.15, 0.2) is 35.5 Å². The largest absolute Gasteiger partial charge is 0.339 e. The number of amides is 1. The fourth-order valence-corrected chi connectivity index (χ4v) is 5.01. The van der Waals surface area contributed by atoms with E-state index in [0.29, 0.717) is 6.04 Å². The van der Waals surface area contributed by atoms with Gasteiger partial charge in [0, 0.05) is 24.8 Å². The predicted octanol–water partition coefficient (Wildman–Crippen LogP) is 2.49. The van der Waals surface area contributed by atoms with Crippen LogP contribution >= 0.6 is 11.8 Å². The number of rotatable bonds is 5. The average Bonchev–Trinajstić information content (AvgIpc) is 3.02. The van der Waals surface area contributed by atoms with Gasteiger partial charge >= 0.3 is 0 Å². The van der Waals surface area contributed by atoms with Crippen molar-refractivity contribution in [3.8, 4) is 0 Å². The van der Waals surface area contributed by atoms with Crippen LogP contribution in [0.5, 0.6) is 0 Å². The number of aromatic nitrogens is 3. The summed E-state index contributed by atoms with van der Waals surface area (Å²) in [5.74, 6) is 1.29. The van der Waals surface area contributed by atoms with Crippen molar-refractivity contribution in [2.45, 2.75) is 61.6 Å². The lowest BCUT2D eigenvalue weighted by Crippen LogP contribution is -2.64. The van der Waals surface area contributed by atoms with Crippen LogP contribution in [0.2, 0.25) is 0 Å². The number of carbonyl (C=O) groups excluding carboxylic acids is 1. The fourth-order valence-electron chi connectivity index (χ4n) is 4.04. The molecule has 2 aromatic rings. The second kappa shape index (κ2) is 8.02. The van der Waals surface area contributed by atoms with Crippen molar-refractivity contribution in [2.24, 2.45) is 13.0 Å². The van der Waals surface area contributed by atoms with E-state index < -0.39 is 0 Å². The Morgan fingerprint density at radius 3 is 2.81 bits per heavy atom. The van der Waals surface area contributed by atoms with Gasteiger partial charge in [0.25, 0.3) is 0 Å². The predicted molar refractivity (Wildman–Crippen MR) is 106 cm³/mol. The molecule has 6 nitrogen and oxygen atoms in total. The first-order valence-electron chi connectivity index (χ1n) is 9.77. The molecule has 1 aliphatic carbocycles. The number of nitrogens with zero attached hydrogens (tertiary/aromatic N) is 3. The van der Waals surface area contributed by atoms with E-state index in [0.717, 1.165) is 36.7 Å². The molecule has 0 bridgehead atoms. The Balaban J connectivity index is 1.41. The van der Waals surface area contributed by atoms with E-state index >= 15 is 0 Å². The molecule has 1 saturated carbocycles. The maximum absolute atomic E-state index is 12.5. The van der Waals surface area contributed by atoms with Crippen LogP contribution in [0.4, 0.5) is 0 Å². The summed E-state index contributed by atoms with van der Waals surface area (Å²) >= 11 is 1.66. The van der Waals surface area contributed by atoms with Gasteiger partial charge in [0.15, 0.2) is 5.16 Å². The summed E-state index contributed by atoms with van der Waals surface area (Å²) in [6.45, 7) is 2.14. The lowest BCUT2D eigenvalue weighted by Gasteiger charge is -2.41. The summed E-state index contributed by atoms with van der Waals surface area (Å²) in [5, 5.41) is 16.6. The van der Waals surface area contributed by atoms with Gasteiger partial charge in [-0.1, -0.05) is 54.9 Å². The molecule has 0 spiro atoms. The summed E-state index contributed by atoms with van der Waals surface area (Å²) < 4.78 is 2.06. The Bertz CT molecular complexity index is 793. The van der Waals surface area contributed by atoms with Gasteiger partial charge in [-0.25, -0.2) is 0 Å². The van der Waals surface area contributed by atoms with E-state index in [1.54, 1.807) is 11.8 Å². The summed E-state index contributed by atoms with van der Waals surface area (Å²) in [4.78, 5) is 12.5. The molecule has 2 fully saturated rings. The van der Waals surface area contributed by atoms with Crippen LogP contribution < -0.4 is 10.6 Å². The van der Waals surface area contributed by atoms with E-state index in [1.165, 1.54) is 12.0 Å². The third-order valence-corrected chi connectivity index (χ3v) is 6.90. The Morgan fingerprint density at radius 1 is 1.22 bits per heavy atom. The number of carbonyl (C=O) groups is 1. The molecular formula is C20H27N5OS. The monoisotopic (exact) mass is 385 g/mol. The van der Waals surface area contributed by atoms with Crippen LogP contribution in [0.1, 0.15) is 44.0 Å². The summed E-state index contributed by atoms with van der Waals surface area (Å²) in [6, 6.07) is 10.6. The molecule has 1 aromatic heterocycles. The second-order valence-electron chi connectivity index (χ2n) is 7.59. The molecule has 1 amide bonds. The molecule has 0 radical (unpaired) electrons. The topological polar surface area (TPSA) is 71.8 Å². The van der Waals surface area contributed by atoms with Crippen molar-refractivity contribution >= 4 is 17.7 Å². The van der Waals surface area contributed by atoms with Crippen LogP contribution in [0.25, 0.3) is 0 Å². The maximum atomic E-state index is 12.5. The van der Waals surface area contributed by atoms with Crippen LogP contribution in [-0.4, -0.2) is 38.1 Å². The fraction of sp³-hybridized carbons (Fsp3) is 0.550. The lowest BCUT2D eigenvalue weighted by atomic mass is 9.82. The van der Waals surface area contributed by atoms with Gasteiger partial charge < -0.3 is 9.88 Å². The van der Waals surface area contributed by atoms with Crippen molar-refractivity contribution in [2.75, 3.05) is 0 Å². The van der Waals surface area contributed by atoms with E-state index in [9.17, 15) is 4.79 Å². The summed E-state index contributed by atoms with van der Waals surface area (Å²) in [6.07, 6.45) is 5.20. The highest BCUT2D eigenvalue weighted by molar-refractivity contribution is 7.99. The average molecular weight is 386 g/mol. The lowest BCUT2D eigenvalue weighted by molar-refractivity contribution is -0.130. The summed E-state index contributed by atoms with van der Waals surface area (Å²) in [5.41, 5.74) is 1.22. The Morgan fingerprint density at radius 2 is 2.00 bits per heavy atom. The normalized spacial score (nSPS) is 26.3. The molecule has 2 aliphatic rings. The molecule has 2 N–H and O–H groups in total. The zero-order valence-corrected chi connectivity index (χ0v) is 16.7. The highest BCUT2D eigenvalue weighted by atomic mass is 32.2. The molecule has 4 rings (SSSR count). The van der Waals surface area contributed by atoms with Crippen LogP contribution in [-0.2, 0) is 18.3 Å². The molecule has 1 aromatic carbocycles. The molecule has 1 saturated heterocycles. The number of hydrogen-bond donors (Lipinski definition) is 2. The van der Waals surface area contributed by atoms with Crippen LogP contribution in [0, 0.1) is 5.92 Å². The minimum absolute atomic E-state index is 0.0314. The number of hydrogen-bond acceptors (Lipinski definition) is 5. The van der Waals surface area contributed by atoms with E-state index in [-0.39, 0.29) is 23.2 Å². The Hall–Kier alpha value is -1.86. The van der Waals surface area contributed by atoms with E-state index in [1.807, 2.05) is 25.2 Å². The first kappa shape index (κ1) is 18.5.